The number of rotatable bonds is 5. The van der Waals surface area contributed by atoms with Crippen LogP contribution in [0.3, 0.4) is 0 Å². The summed E-state index contributed by atoms with van der Waals surface area (Å²) in [5, 5.41) is 3.22. The lowest BCUT2D eigenvalue weighted by atomic mass is 10.2. The van der Waals surface area contributed by atoms with Gasteiger partial charge < -0.3 is 15.0 Å². The minimum absolute atomic E-state index is 0.105. The Labute approximate surface area is 142 Å². The number of amides is 1. The fourth-order valence-corrected chi connectivity index (χ4v) is 3.77. The highest BCUT2D eigenvalue weighted by atomic mass is 32.1. The monoisotopic (exact) mass is 349 g/mol. The minimum atomic E-state index is -0.609. The zero-order valence-electron chi connectivity index (χ0n) is 13.8. The molecule has 3 rings (SSSR count). The number of aromatic amines is 1. The lowest BCUT2D eigenvalue weighted by Gasteiger charge is -2.12. The van der Waals surface area contributed by atoms with Crippen LogP contribution in [-0.4, -0.2) is 34.5 Å². The van der Waals surface area contributed by atoms with Gasteiger partial charge >= 0.3 is 5.97 Å². The van der Waals surface area contributed by atoms with Gasteiger partial charge in [-0.05, 0) is 45.1 Å². The van der Waals surface area contributed by atoms with Gasteiger partial charge in [-0.1, -0.05) is 0 Å². The summed E-state index contributed by atoms with van der Waals surface area (Å²) < 4.78 is 5.09. The first-order valence-electron chi connectivity index (χ1n) is 7.83. The fraction of sp³-hybridized carbons (Fsp3) is 0.500. The molecule has 0 unspecified atom stereocenters. The predicted molar refractivity (Wildman–Crippen MR) is 90.3 cm³/mol. The summed E-state index contributed by atoms with van der Waals surface area (Å²) in [5.41, 5.74) is 0.252. The van der Waals surface area contributed by atoms with Crippen LogP contribution < -0.4 is 10.9 Å². The van der Waals surface area contributed by atoms with Crippen molar-refractivity contribution in [1.82, 2.24) is 15.3 Å². The SMILES string of the molecule is Cc1nc2sc(C(=O)OCC(=O)N[C@@H](C)C3CC3)c(C)c2c(=O)[nH]1. The van der Waals surface area contributed by atoms with Crippen molar-refractivity contribution in [3.05, 3.63) is 26.6 Å². The number of ether oxygens (including phenoxy) is 1. The zero-order valence-corrected chi connectivity index (χ0v) is 14.6. The molecule has 2 aromatic rings. The van der Waals surface area contributed by atoms with Gasteiger partial charge in [0.15, 0.2) is 6.61 Å². The molecule has 2 N–H and O–H groups in total. The standard InChI is InChI=1S/C16H19N3O4S/c1-7-12-14(21)18-9(3)19-15(12)24-13(7)16(22)23-6-11(20)17-8(2)10-4-5-10/h8,10H,4-6H2,1-3H3,(H,17,20)(H,18,19,21)/t8-/m0/s1. The van der Waals surface area contributed by atoms with E-state index in [9.17, 15) is 14.4 Å². The van der Waals surface area contributed by atoms with Crippen molar-refractivity contribution in [2.45, 2.75) is 39.7 Å². The number of nitrogens with one attached hydrogen (secondary N) is 2. The van der Waals surface area contributed by atoms with E-state index in [1.54, 1.807) is 13.8 Å². The van der Waals surface area contributed by atoms with E-state index in [1.807, 2.05) is 6.92 Å². The van der Waals surface area contributed by atoms with Gasteiger partial charge in [-0.15, -0.1) is 11.3 Å². The van der Waals surface area contributed by atoms with E-state index in [0.29, 0.717) is 32.4 Å². The third-order valence-corrected chi connectivity index (χ3v) is 5.32. The third kappa shape index (κ3) is 3.33. The summed E-state index contributed by atoms with van der Waals surface area (Å²) in [6.07, 6.45) is 2.26. The molecule has 2 heterocycles. The van der Waals surface area contributed by atoms with Crippen LogP contribution in [-0.2, 0) is 9.53 Å². The van der Waals surface area contributed by atoms with Crippen LogP contribution in [0.4, 0.5) is 0 Å². The topological polar surface area (TPSA) is 101 Å². The first-order chi connectivity index (χ1) is 11.4. The number of esters is 1. The van der Waals surface area contributed by atoms with Crippen LogP contribution >= 0.6 is 11.3 Å². The van der Waals surface area contributed by atoms with Gasteiger partial charge in [0.1, 0.15) is 15.5 Å². The van der Waals surface area contributed by atoms with Crippen molar-refractivity contribution < 1.29 is 14.3 Å². The molecule has 0 aliphatic heterocycles. The smallest absolute Gasteiger partial charge is 0.349 e. The third-order valence-electron chi connectivity index (χ3n) is 4.16. The molecule has 0 spiro atoms. The molecular weight excluding hydrogens is 330 g/mol. The number of nitrogens with zero attached hydrogens (tertiary/aromatic N) is 1. The Balaban J connectivity index is 1.70. The van der Waals surface area contributed by atoms with Gasteiger partial charge in [0.2, 0.25) is 0 Å². The maximum Gasteiger partial charge on any atom is 0.349 e. The molecule has 128 valence electrons. The molecule has 8 heteroatoms. The van der Waals surface area contributed by atoms with E-state index in [1.165, 1.54) is 0 Å². The summed E-state index contributed by atoms with van der Waals surface area (Å²) in [7, 11) is 0. The first-order valence-corrected chi connectivity index (χ1v) is 8.65. The Bertz CT molecular complexity index is 866. The van der Waals surface area contributed by atoms with Crippen LogP contribution in [0.2, 0.25) is 0 Å². The molecule has 1 saturated carbocycles. The number of fused-ring (bicyclic) bond motifs is 1. The number of aromatic nitrogens is 2. The van der Waals surface area contributed by atoms with Crippen LogP contribution in [0, 0.1) is 19.8 Å². The van der Waals surface area contributed by atoms with Crippen molar-refractivity contribution >= 4 is 33.4 Å². The molecule has 1 aliphatic carbocycles. The minimum Gasteiger partial charge on any atom is -0.451 e. The second-order valence-corrected chi connectivity index (χ2v) is 7.16. The maximum atomic E-state index is 12.2. The van der Waals surface area contributed by atoms with E-state index in [2.05, 4.69) is 15.3 Å². The van der Waals surface area contributed by atoms with Crippen LogP contribution in [0.1, 0.15) is 40.8 Å². The Morgan fingerprint density at radius 1 is 1.42 bits per heavy atom. The van der Waals surface area contributed by atoms with Gasteiger partial charge in [0.05, 0.1) is 5.39 Å². The second kappa shape index (κ2) is 6.35. The number of carbonyl (C=O) groups excluding carboxylic acids is 2. The highest BCUT2D eigenvalue weighted by molar-refractivity contribution is 7.20. The maximum absolute atomic E-state index is 12.2. The van der Waals surface area contributed by atoms with Crippen LogP contribution in [0.25, 0.3) is 10.2 Å². The van der Waals surface area contributed by atoms with E-state index < -0.39 is 5.97 Å². The highest BCUT2D eigenvalue weighted by Gasteiger charge is 2.29. The Hall–Kier alpha value is -2.22. The second-order valence-electron chi connectivity index (χ2n) is 6.16. The average Bonchev–Trinajstić information content (AvgIpc) is 3.29. The van der Waals surface area contributed by atoms with Crippen LogP contribution in [0.5, 0.6) is 0 Å². The Kier molecular flexibility index (Phi) is 4.40. The number of aryl methyl sites for hydroxylation is 2. The number of thiophene rings is 1. The normalized spacial score (nSPS) is 15.3. The molecule has 7 nitrogen and oxygen atoms in total. The predicted octanol–water partition coefficient (Wildman–Crippen LogP) is 1.67. The van der Waals surface area contributed by atoms with Crippen molar-refractivity contribution in [3.63, 3.8) is 0 Å². The lowest BCUT2D eigenvalue weighted by Crippen LogP contribution is -2.37. The van der Waals surface area contributed by atoms with E-state index in [4.69, 9.17) is 4.74 Å². The number of hydrogen-bond acceptors (Lipinski definition) is 6. The highest BCUT2D eigenvalue weighted by Crippen LogP contribution is 2.32. The number of carbonyl (C=O) groups is 2. The number of hydrogen-bond donors (Lipinski definition) is 2. The van der Waals surface area contributed by atoms with Gasteiger partial charge in [-0.25, -0.2) is 9.78 Å². The summed E-state index contributed by atoms with van der Waals surface area (Å²) in [4.78, 5) is 43.7. The van der Waals surface area contributed by atoms with Gasteiger partial charge in [-0.2, -0.15) is 0 Å². The molecule has 0 aromatic carbocycles. The molecule has 1 aliphatic rings. The van der Waals surface area contributed by atoms with Crippen molar-refractivity contribution in [3.8, 4) is 0 Å². The van der Waals surface area contributed by atoms with Gasteiger partial charge in [-0.3, -0.25) is 9.59 Å². The molecular formula is C16H19N3O4S. The van der Waals surface area contributed by atoms with Gasteiger partial charge in [0.25, 0.3) is 11.5 Å². The van der Waals surface area contributed by atoms with E-state index >= 15 is 0 Å². The Morgan fingerprint density at radius 3 is 2.79 bits per heavy atom. The summed E-state index contributed by atoms with van der Waals surface area (Å²) in [5.74, 6) is 0.104. The molecule has 0 saturated heterocycles. The molecule has 1 amide bonds. The van der Waals surface area contributed by atoms with Crippen molar-refractivity contribution in [2.75, 3.05) is 6.61 Å². The molecule has 1 atom stereocenters. The van der Waals surface area contributed by atoms with Crippen molar-refractivity contribution in [2.24, 2.45) is 5.92 Å². The summed E-state index contributed by atoms with van der Waals surface area (Å²) in [6.45, 7) is 4.98. The average molecular weight is 349 g/mol. The summed E-state index contributed by atoms with van der Waals surface area (Å²) in [6, 6.07) is 0.105. The lowest BCUT2D eigenvalue weighted by molar-refractivity contribution is -0.124. The van der Waals surface area contributed by atoms with E-state index in [0.717, 1.165) is 24.2 Å². The fourth-order valence-electron chi connectivity index (χ4n) is 2.65. The first kappa shape index (κ1) is 16.6. The molecule has 0 bridgehead atoms. The van der Waals surface area contributed by atoms with Crippen molar-refractivity contribution in [1.29, 1.82) is 0 Å². The quantitative estimate of drug-likeness (QED) is 0.800. The van der Waals surface area contributed by atoms with Gasteiger partial charge in [0, 0.05) is 6.04 Å². The summed E-state index contributed by atoms with van der Waals surface area (Å²) >= 11 is 1.10. The Morgan fingerprint density at radius 2 is 2.12 bits per heavy atom. The number of H-pyrrole nitrogens is 1. The zero-order chi connectivity index (χ0) is 17.4. The molecule has 1 fully saturated rings. The molecule has 2 aromatic heterocycles. The van der Waals surface area contributed by atoms with E-state index in [-0.39, 0.29) is 24.1 Å². The van der Waals surface area contributed by atoms with Crippen LogP contribution in [0.15, 0.2) is 4.79 Å². The molecule has 0 radical (unpaired) electrons. The molecule has 24 heavy (non-hydrogen) atoms. The largest absolute Gasteiger partial charge is 0.451 e.